The van der Waals surface area contributed by atoms with Crippen LogP contribution >= 0.6 is 0 Å². The lowest BCUT2D eigenvalue weighted by Crippen LogP contribution is -2.26. The summed E-state index contributed by atoms with van der Waals surface area (Å²) >= 11 is 0. The molecule has 3 rings (SSSR count). The zero-order valence-electron chi connectivity index (χ0n) is 11.6. The number of para-hydroxylation sites is 1. The van der Waals surface area contributed by atoms with Gasteiger partial charge in [-0.2, -0.15) is 0 Å². The first kappa shape index (κ1) is 13.4. The molecule has 1 aromatic heterocycles. The van der Waals surface area contributed by atoms with Gasteiger partial charge in [0.25, 0.3) is 5.91 Å². The molecular formula is C17H15FN2O. The third-order valence-electron chi connectivity index (χ3n) is 3.47. The third-order valence-corrected chi connectivity index (χ3v) is 3.47. The topological polar surface area (TPSA) is 44.9 Å². The SMILES string of the molecule is CC(NC(=O)c1cc2ccccc2[nH]1)c1cccc(F)c1. The van der Waals surface area contributed by atoms with E-state index < -0.39 is 0 Å². The number of fused-ring (bicyclic) bond motifs is 1. The van der Waals surface area contributed by atoms with Crippen molar-refractivity contribution in [2.75, 3.05) is 0 Å². The quantitative estimate of drug-likeness (QED) is 0.754. The first-order chi connectivity index (χ1) is 10.1. The van der Waals surface area contributed by atoms with Crippen LogP contribution < -0.4 is 5.32 Å². The van der Waals surface area contributed by atoms with Crippen molar-refractivity contribution in [2.45, 2.75) is 13.0 Å². The highest BCUT2D eigenvalue weighted by atomic mass is 19.1. The second-order valence-electron chi connectivity index (χ2n) is 5.02. The Hall–Kier alpha value is -2.62. The Kier molecular flexibility index (Phi) is 3.44. The molecule has 0 fully saturated rings. The van der Waals surface area contributed by atoms with Crippen LogP contribution in [0.15, 0.2) is 54.6 Å². The number of H-pyrrole nitrogens is 1. The smallest absolute Gasteiger partial charge is 0.268 e. The summed E-state index contributed by atoms with van der Waals surface area (Å²) in [4.78, 5) is 15.3. The summed E-state index contributed by atoms with van der Waals surface area (Å²) in [7, 11) is 0. The summed E-state index contributed by atoms with van der Waals surface area (Å²) in [6.45, 7) is 1.83. The van der Waals surface area contributed by atoms with Crippen LogP contribution in [-0.2, 0) is 0 Å². The van der Waals surface area contributed by atoms with Gasteiger partial charge in [-0.15, -0.1) is 0 Å². The van der Waals surface area contributed by atoms with E-state index >= 15 is 0 Å². The van der Waals surface area contributed by atoms with E-state index in [0.717, 1.165) is 16.5 Å². The van der Waals surface area contributed by atoms with Gasteiger partial charge < -0.3 is 10.3 Å². The molecule has 0 spiro atoms. The van der Waals surface area contributed by atoms with Crippen molar-refractivity contribution in [1.29, 1.82) is 0 Å². The number of hydrogen-bond acceptors (Lipinski definition) is 1. The number of carbonyl (C=O) groups is 1. The third kappa shape index (κ3) is 2.79. The number of halogens is 1. The van der Waals surface area contributed by atoms with Gasteiger partial charge in [0, 0.05) is 10.9 Å². The van der Waals surface area contributed by atoms with Crippen LogP contribution in [-0.4, -0.2) is 10.9 Å². The minimum Gasteiger partial charge on any atom is -0.351 e. The highest BCUT2D eigenvalue weighted by Gasteiger charge is 2.13. The summed E-state index contributed by atoms with van der Waals surface area (Å²) in [5.74, 6) is -0.512. The summed E-state index contributed by atoms with van der Waals surface area (Å²) in [5, 5.41) is 3.85. The van der Waals surface area contributed by atoms with Crippen molar-refractivity contribution in [1.82, 2.24) is 10.3 Å². The molecule has 3 aromatic rings. The van der Waals surface area contributed by atoms with Crippen molar-refractivity contribution in [2.24, 2.45) is 0 Å². The molecule has 4 heteroatoms. The average Bonchev–Trinajstić information content (AvgIpc) is 2.91. The number of carbonyl (C=O) groups excluding carboxylic acids is 1. The van der Waals surface area contributed by atoms with E-state index in [2.05, 4.69) is 10.3 Å². The van der Waals surface area contributed by atoms with Gasteiger partial charge in [0.05, 0.1) is 6.04 Å². The maximum atomic E-state index is 13.2. The van der Waals surface area contributed by atoms with E-state index in [4.69, 9.17) is 0 Å². The molecule has 106 valence electrons. The van der Waals surface area contributed by atoms with Gasteiger partial charge in [-0.25, -0.2) is 4.39 Å². The van der Waals surface area contributed by atoms with Crippen molar-refractivity contribution in [3.05, 3.63) is 71.7 Å². The molecule has 0 aliphatic rings. The second-order valence-corrected chi connectivity index (χ2v) is 5.02. The van der Waals surface area contributed by atoms with Gasteiger partial charge in [0.1, 0.15) is 11.5 Å². The lowest BCUT2D eigenvalue weighted by Gasteiger charge is -2.13. The van der Waals surface area contributed by atoms with E-state index in [1.54, 1.807) is 12.1 Å². The lowest BCUT2D eigenvalue weighted by atomic mass is 10.1. The fourth-order valence-electron chi connectivity index (χ4n) is 2.33. The number of benzene rings is 2. The van der Waals surface area contributed by atoms with Crippen molar-refractivity contribution < 1.29 is 9.18 Å². The van der Waals surface area contributed by atoms with Gasteiger partial charge in [-0.1, -0.05) is 30.3 Å². The predicted octanol–water partition coefficient (Wildman–Crippen LogP) is 3.80. The average molecular weight is 282 g/mol. The number of amides is 1. The summed E-state index contributed by atoms with van der Waals surface area (Å²) < 4.78 is 13.2. The van der Waals surface area contributed by atoms with Crippen molar-refractivity contribution in [3.8, 4) is 0 Å². The molecule has 1 heterocycles. The van der Waals surface area contributed by atoms with Gasteiger partial charge in [-0.05, 0) is 36.8 Å². The fourth-order valence-corrected chi connectivity index (χ4v) is 2.33. The standard InChI is InChI=1S/C17H15FN2O/c1-11(12-6-4-7-14(18)9-12)19-17(21)16-10-13-5-2-3-8-15(13)20-16/h2-11,20H,1H3,(H,19,21). The van der Waals surface area contributed by atoms with Crippen molar-refractivity contribution >= 4 is 16.8 Å². The Balaban J connectivity index is 1.79. The Bertz CT molecular complexity index is 761. The molecule has 21 heavy (non-hydrogen) atoms. The van der Waals surface area contributed by atoms with Gasteiger partial charge in [-0.3, -0.25) is 4.79 Å². The zero-order valence-corrected chi connectivity index (χ0v) is 11.6. The molecule has 0 bridgehead atoms. The number of aromatic amines is 1. The molecular weight excluding hydrogens is 267 g/mol. The second kappa shape index (κ2) is 5.40. The molecule has 0 saturated heterocycles. The minimum atomic E-state index is -0.306. The highest BCUT2D eigenvalue weighted by Crippen LogP contribution is 2.17. The number of hydrogen-bond donors (Lipinski definition) is 2. The molecule has 0 saturated carbocycles. The van der Waals surface area contributed by atoms with E-state index in [-0.39, 0.29) is 17.8 Å². The first-order valence-electron chi connectivity index (χ1n) is 6.77. The van der Waals surface area contributed by atoms with Crippen LogP contribution in [0.4, 0.5) is 4.39 Å². The molecule has 0 aliphatic carbocycles. The van der Waals surface area contributed by atoms with E-state index in [0.29, 0.717) is 5.69 Å². The van der Waals surface area contributed by atoms with Gasteiger partial charge in [0.2, 0.25) is 0 Å². The first-order valence-corrected chi connectivity index (χ1v) is 6.77. The Morgan fingerprint density at radius 1 is 1.14 bits per heavy atom. The summed E-state index contributed by atoms with van der Waals surface area (Å²) in [6.07, 6.45) is 0. The van der Waals surface area contributed by atoms with Crippen LogP contribution in [0, 0.1) is 5.82 Å². The summed E-state index contributed by atoms with van der Waals surface area (Å²) in [5.41, 5.74) is 2.15. The number of aromatic nitrogens is 1. The van der Waals surface area contributed by atoms with Crippen molar-refractivity contribution in [3.63, 3.8) is 0 Å². The van der Waals surface area contributed by atoms with E-state index in [9.17, 15) is 9.18 Å². The van der Waals surface area contributed by atoms with Gasteiger partial charge in [0.15, 0.2) is 0 Å². The Morgan fingerprint density at radius 3 is 2.71 bits per heavy atom. The molecule has 2 N–H and O–H groups in total. The zero-order chi connectivity index (χ0) is 14.8. The van der Waals surface area contributed by atoms with Gasteiger partial charge >= 0.3 is 0 Å². The van der Waals surface area contributed by atoms with E-state index in [1.807, 2.05) is 37.3 Å². The van der Waals surface area contributed by atoms with Crippen LogP contribution in [0.25, 0.3) is 10.9 Å². The van der Waals surface area contributed by atoms with Crippen LogP contribution in [0.2, 0.25) is 0 Å². The number of nitrogens with one attached hydrogen (secondary N) is 2. The fraction of sp³-hybridized carbons (Fsp3) is 0.118. The molecule has 1 unspecified atom stereocenters. The molecule has 0 radical (unpaired) electrons. The minimum absolute atomic E-state index is 0.206. The Labute approximate surface area is 121 Å². The van der Waals surface area contributed by atoms with Crippen LogP contribution in [0.5, 0.6) is 0 Å². The predicted molar refractivity (Wildman–Crippen MR) is 80.6 cm³/mol. The van der Waals surface area contributed by atoms with Crippen LogP contribution in [0.3, 0.4) is 0 Å². The lowest BCUT2D eigenvalue weighted by molar-refractivity contribution is 0.0935. The normalized spacial score (nSPS) is 12.3. The number of rotatable bonds is 3. The highest BCUT2D eigenvalue weighted by molar-refractivity contribution is 5.98. The maximum absolute atomic E-state index is 13.2. The molecule has 0 aliphatic heterocycles. The van der Waals surface area contributed by atoms with Crippen LogP contribution in [0.1, 0.15) is 29.0 Å². The Morgan fingerprint density at radius 2 is 1.95 bits per heavy atom. The maximum Gasteiger partial charge on any atom is 0.268 e. The van der Waals surface area contributed by atoms with E-state index in [1.165, 1.54) is 12.1 Å². The largest absolute Gasteiger partial charge is 0.351 e. The molecule has 3 nitrogen and oxygen atoms in total. The molecule has 1 amide bonds. The monoisotopic (exact) mass is 282 g/mol. The molecule has 1 atom stereocenters. The molecule has 2 aromatic carbocycles. The summed E-state index contributed by atoms with van der Waals surface area (Å²) in [6, 6.07) is 15.5.